The molecule has 0 aliphatic heterocycles. The molecule has 0 unspecified atom stereocenters. The highest BCUT2D eigenvalue weighted by Crippen LogP contribution is 2.29. The molecule has 5 aromatic rings. The topological polar surface area (TPSA) is 54.9 Å². The number of nitrogens with zero attached hydrogens (tertiary/aromatic N) is 2. The van der Waals surface area contributed by atoms with E-state index < -0.39 is 0 Å². The van der Waals surface area contributed by atoms with Gasteiger partial charge in [-0.15, -0.1) is 11.3 Å². The molecule has 4 nitrogen and oxygen atoms in total. The Labute approximate surface area is 197 Å². The second-order valence-corrected chi connectivity index (χ2v) is 9.09. The number of fused-ring (bicyclic) bond motifs is 1. The van der Waals surface area contributed by atoms with Crippen LogP contribution in [0.5, 0.6) is 0 Å². The van der Waals surface area contributed by atoms with Crippen LogP contribution < -0.4 is 5.32 Å². The van der Waals surface area contributed by atoms with Gasteiger partial charge in [0.25, 0.3) is 5.91 Å². The molecular formula is C28H23N3OS. The first kappa shape index (κ1) is 21.0. The standard InChI is InChI=1S/C28H23N3OS/c1-17-8-11-20(12-9-17)26-16-33-28(30-26)31-27(32)23-15-25(21-13-10-18(2)19(3)14-21)29-24-7-5-4-6-22(23)24/h4-16H,1-3H3,(H,30,31,32). The molecule has 0 bridgehead atoms. The first-order valence-corrected chi connectivity index (χ1v) is 11.7. The molecule has 5 rings (SSSR count). The number of rotatable bonds is 4. The molecule has 0 aliphatic rings. The van der Waals surface area contributed by atoms with E-state index in [1.54, 1.807) is 0 Å². The van der Waals surface area contributed by atoms with Crippen LogP contribution in [0.15, 0.2) is 78.2 Å². The molecule has 0 spiro atoms. The third kappa shape index (κ3) is 4.28. The molecule has 0 atom stereocenters. The van der Waals surface area contributed by atoms with Crippen LogP contribution in [0.3, 0.4) is 0 Å². The summed E-state index contributed by atoms with van der Waals surface area (Å²) in [5.41, 5.74) is 8.65. The number of aromatic nitrogens is 2. The van der Waals surface area contributed by atoms with Gasteiger partial charge in [-0.3, -0.25) is 10.1 Å². The Morgan fingerprint density at radius 2 is 1.55 bits per heavy atom. The first-order chi connectivity index (χ1) is 16.0. The quantitative estimate of drug-likeness (QED) is 0.315. The lowest BCUT2D eigenvalue weighted by molar-refractivity contribution is 0.102. The van der Waals surface area contributed by atoms with Crippen molar-refractivity contribution in [2.75, 3.05) is 5.32 Å². The highest BCUT2D eigenvalue weighted by Gasteiger charge is 2.16. The molecule has 3 aromatic carbocycles. The molecule has 1 amide bonds. The van der Waals surface area contributed by atoms with E-state index in [1.807, 2.05) is 47.8 Å². The van der Waals surface area contributed by atoms with Crippen LogP contribution in [0.4, 0.5) is 5.13 Å². The lowest BCUT2D eigenvalue weighted by Gasteiger charge is -2.11. The van der Waals surface area contributed by atoms with Crippen molar-refractivity contribution >= 4 is 33.3 Å². The number of hydrogen-bond acceptors (Lipinski definition) is 4. The van der Waals surface area contributed by atoms with E-state index in [2.05, 4.69) is 61.4 Å². The highest BCUT2D eigenvalue weighted by molar-refractivity contribution is 7.14. The zero-order chi connectivity index (χ0) is 22.9. The summed E-state index contributed by atoms with van der Waals surface area (Å²) in [6.07, 6.45) is 0. The number of hydrogen-bond donors (Lipinski definition) is 1. The van der Waals surface area contributed by atoms with Gasteiger partial charge in [0.05, 0.1) is 22.5 Å². The second-order valence-electron chi connectivity index (χ2n) is 8.23. The van der Waals surface area contributed by atoms with E-state index in [0.717, 1.165) is 33.4 Å². The number of amides is 1. The maximum atomic E-state index is 13.4. The molecule has 33 heavy (non-hydrogen) atoms. The van der Waals surface area contributed by atoms with Crippen molar-refractivity contribution in [2.24, 2.45) is 0 Å². The monoisotopic (exact) mass is 449 g/mol. The van der Waals surface area contributed by atoms with Crippen molar-refractivity contribution in [3.05, 3.63) is 100 Å². The summed E-state index contributed by atoms with van der Waals surface area (Å²) in [7, 11) is 0. The van der Waals surface area contributed by atoms with Gasteiger partial charge < -0.3 is 0 Å². The number of nitrogens with one attached hydrogen (secondary N) is 1. The summed E-state index contributed by atoms with van der Waals surface area (Å²) < 4.78 is 0. The van der Waals surface area contributed by atoms with Gasteiger partial charge in [0.1, 0.15) is 0 Å². The second kappa shape index (κ2) is 8.60. The minimum Gasteiger partial charge on any atom is -0.298 e. The summed E-state index contributed by atoms with van der Waals surface area (Å²) in [5.74, 6) is -0.191. The van der Waals surface area contributed by atoms with Crippen LogP contribution >= 0.6 is 11.3 Å². The molecule has 0 saturated heterocycles. The summed E-state index contributed by atoms with van der Waals surface area (Å²) in [6, 6.07) is 24.1. The normalized spacial score (nSPS) is 11.0. The Balaban J connectivity index is 1.50. The van der Waals surface area contributed by atoms with Gasteiger partial charge in [0.15, 0.2) is 5.13 Å². The maximum absolute atomic E-state index is 13.4. The Bertz CT molecular complexity index is 1490. The fraction of sp³-hybridized carbons (Fsp3) is 0.107. The smallest absolute Gasteiger partial charge is 0.258 e. The summed E-state index contributed by atoms with van der Waals surface area (Å²) >= 11 is 1.42. The summed E-state index contributed by atoms with van der Waals surface area (Å²) in [6.45, 7) is 6.23. The minimum absolute atomic E-state index is 0.191. The van der Waals surface area contributed by atoms with Crippen LogP contribution in [0.2, 0.25) is 0 Å². The van der Waals surface area contributed by atoms with Gasteiger partial charge in [-0.1, -0.05) is 60.2 Å². The number of carbonyl (C=O) groups is 1. The zero-order valence-electron chi connectivity index (χ0n) is 18.7. The molecular weight excluding hydrogens is 426 g/mol. The third-order valence-corrected chi connectivity index (χ3v) is 6.59. The Morgan fingerprint density at radius 1 is 0.788 bits per heavy atom. The van der Waals surface area contributed by atoms with Crippen LogP contribution in [-0.2, 0) is 0 Å². The van der Waals surface area contributed by atoms with Crippen LogP contribution in [0.1, 0.15) is 27.0 Å². The highest BCUT2D eigenvalue weighted by atomic mass is 32.1. The van der Waals surface area contributed by atoms with E-state index in [-0.39, 0.29) is 5.91 Å². The molecule has 2 aromatic heterocycles. The van der Waals surface area contributed by atoms with E-state index in [0.29, 0.717) is 10.7 Å². The Morgan fingerprint density at radius 3 is 2.33 bits per heavy atom. The van der Waals surface area contributed by atoms with Crippen molar-refractivity contribution in [2.45, 2.75) is 20.8 Å². The van der Waals surface area contributed by atoms with Gasteiger partial charge in [-0.2, -0.15) is 0 Å². The number of thiazole rings is 1. The average molecular weight is 450 g/mol. The van der Waals surface area contributed by atoms with E-state index in [9.17, 15) is 4.79 Å². The van der Waals surface area contributed by atoms with Crippen molar-refractivity contribution in [1.29, 1.82) is 0 Å². The predicted octanol–water partition coefficient (Wildman–Crippen LogP) is 7.20. The number of anilines is 1. The lowest BCUT2D eigenvalue weighted by Crippen LogP contribution is -2.13. The minimum atomic E-state index is -0.191. The van der Waals surface area contributed by atoms with Crippen LogP contribution in [-0.4, -0.2) is 15.9 Å². The number of carbonyl (C=O) groups excluding carboxylic acids is 1. The molecule has 0 saturated carbocycles. The predicted molar refractivity (Wildman–Crippen MR) is 137 cm³/mol. The fourth-order valence-corrected chi connectivity index (χ4v) is 4.48. The molecule has 1 N–H and O–H groups in total. The zero-order valence-corrected chi connectivity index (χ0v) is 19.5. The lowest BCUT2D eigenvalue weighted by atomic mass is 10.0. The average Bonchev–Trinajstić information content (AvgIpc) is 3.29. The van der Waals surface area contributed by atoms with Gasteiger partial charge in [0, 0.05) is 21.9 Å². The molecule has 2 heterocycles. The van der Waals surface area contributed by atoms with Crippen molar-refractivity contribution in [1.82, 2.24) is 9.97 Å². The number of para-hydroxylation sites is 1. The Hall–Kier alpha value is -3.83. The molecule has 0 radical (unpaired) electrons. The Kier molecular flexibility index (Phi) is 5.48. The third-order valence-electron chi connectivity index (χ3n) is 5.84. The molecule has 0 fully saturated rings. The SMILES string of the molecule is Cc1ccc(-c2csc(NC(=O)c3cc(-c4ccc(C)c(C)c4)nc4ccccc34)n2)cc1. The van der Waals surface area contributed by atoms with Crippen LogP contribution in [0.25, 0.3) is 33.4 Å². The summed E-state index contributed by atoms with van der Waals surface area (Å²) in [4.78, 5) is 22.8. The van der Waals surface area contributed by atoms with Crippen molar-refractivity contribution < 1.29 is 4.79 Å². The van der Waals surface area contributed by atoms with Gasteiger partial charge in [-0.05, 0) is 50.1 Å². The fourth-order valence-electron chi connectivity index (χ4n) is 3.76. The van der Waals surface area contributed by atoms with E-state index in [4.69, 9.17) is 4.98 Å². The largest absolute Gasteiger partial charge is 0.298 e. The van der Waals surface area contributed by atoms with Gasteiger partial charge in [0.2, 0.25) is 0 Å². The molecule has 162 valence electrons. The van der Waals surface area contributed by atoms with Crippen LogP contribution in [0, 0.1) is 20.8 Å². The first-order valence-electron chi connectivity index (χ1n) is 10.8. The van der Waals surface area contributed by atoms with Crippen molar-refractivity contribution in [3.8, 4) is 22.5 Å². The molecule has 0 aliphatic carbocycles. The molecule has 5 heteroatoms. The number of pyridine rings is 1. The van der Waals surface area contributed by atoms with Gasteiger partial charge in [-0.25, -0.2) is 9.97 Å². The van der Waals surface area contributed by atoms with Gasteiger partial charge >= 0.3 is 0 Å². The summed E-state index contributed by atoms with van der Waals surface area (Å²) in [5, 5.41) is 6.35. The van der Waals surface area contributed by atoms with E-state index in [1.165, 1.54) is 28.0 Å². The van der Waals surface area contributed by atoms with E-state index >= 15 is 0 Å². The maximum Gasteiger partial charge on any atom is 0.258 e. The number of benzene rings is 3. The number of aryl methyl sites for hydroxylation is 3. The van der Waals surface area contributed by atoms with Crippen molar-refractivity contribution in [3.63, 3.8) is 0 Å².